The van der Waals surface area contributed by atoms with Gasteiger partial charge in [0.05, 0.1) is 4.92 Å². The quantitative estimate of drug-likeness (QED) is 0.654. The highest BCUT2D eigenvalue weighted by atomic mass is 16.6. The monoisotopic (exact) mass is 263 g/mol. The Morgan fingerprint density at radius 2 is 2.05 bits per heavy atom. The molecule has 0 spiro atoms. The summed E-state index contributed by atoms with van der Waals surface area (Å²) in [5.41, 5.74) is 7.04. The fourth-order valence-electron chi connectivity index (χ4n) is 3.08. The van der Waals surface area contributed by atoms with Crippen molar-refractivity contribution in [2.75, 3.05) is 18.0 Å². The van der Waals surface area contributed by atoms with Crippen LogP contribution >= 0.6 is 0 Å². The standard InChI is InChI=1S/C14H21N3O2/c1-2-16(14-5-3-4-11(14)10-15)12-6-8-13(9-7-12)17(18)19/h6-9,11,14H,2-5,10,15H2,1H3. The third kappa shape index (κ3) is 2.87. The fraction of sp³-hybridized carbons (Fsp3) is 0.571. The van der Waals surface area contributed by atoms with Gasteiger partial charge >= 0.3 is 0 Å². The molecule has 1 aliphatic rings. The van der Waals surface area contributed by atoms with Crippen LogP contribution in [-0.4, -0.2) is 24.1 Å². The summed E-state index contributed by atoms with van der Waals surface area (Å²) in [4.78, 5) is 12.6. The predicted molar refractivity (Wildman–Crippen MR) is 76.3 cm³/mol. The van der Waals surface area contributed by atoms with E-state index in [9.17, 15) is 10.1 Å². The molecule has 104 valence electrons. The third-order valence-electron chi connectivity index (χ3n) is 4.05. The molecule has 1 aliphatic carbocycles. The Labute approximate surface area is 113 Å². The molecule has 1 fully saturated rings. The van der Waals surface area contributed by atoms with Gasteiger partial charge in [-0.05, 0) is 44.4 Å². The number of benzene rings is 1. The zero-order valence-electron chi connectivity index (χ0n) is 11.3. The van der Waals surface area contributed by atoms with Crippen LogP contribution in [0, 0.1) is 16.0 Å². The number of anilines is 1. The maximum absolute atomic E-state index is 10.7. The molecule has 0 amide bonds. The van der Waals surface area contributed by atoms with Gasteiger partial charge in [-0.3, -0.25) is 10.1 Å². The van der Waals surface area contributed by atoms with Crippen LogP contribution in [0.25, 0.3) is 0 Å². The van der Waals surface area contributed by atoms with E-state index in [1.54, 1.807) is 12.1 Å². The minimum absolute atomic E-state index is 0.140. The average molecular weight is 263 g/mol. The summed E-state index contributed by atoms with van der Waals surface area (Å²) in [6.45, 7) is 3.74. The Hall–Kier alpha value is -1.62. The second-order valence-corrected chi connectivity index (χ2v) is 5.05. The van der Waals surface area contributed by atoms with Crippen LogP contribution < -0.4 is 10.6 Å². The number of nitrogens with two attached hydrogens (primary N) is 1. The molecule has 5 heteroatoms. The first kappa shape index (κ1) is 13.8. The Kier molecular flexibility index (Phi) is 4.37. The Morgan fingerprint density at radius 1 is 1.37 bits per heavy atom. The van der Waals surface area contributed by atoms with Gasteiger partial charge in [-0.25, -0.2) is 0 Å². The van der Waals surface area contributed by atoms with Gasteiger partial charge in [0.2, 0.25) is 0 Å². The molecule has 19 heavy (non-hydrogen) atoms. The summed E-state index contributed by atoms with van der Waals surface area (Å²) in [5.74, 6) is 0.537. The van der Waals surface area contributed by atoms with Crippen LogP contribution in [0.2, 0.25) is 0 Å². The lowest BCUT2D eigenvalue weighted by Crippen LogP contribution is -2.40. The maximum Gasteiger partial charge on any atom is 0.269 e. The fourth-order valence-corrected chi connectivity index (χ4v) is 3.08. The predicted octanol–water partition coefficient (Wildman–Crippen LogP) is 2.55. The first-order valence-corrected chi connectivity index (χ1v) is 6.88. The van der Waals surface area contributed by atoms with Gasteiger partial charge in [-0.1, -0.05) is 6.42 Å². The van der Waals surface area contributed by atoms with Crippen LogP contribution in [0.5, 0.6) is 0 Å². The van der Waals surface area contributed by atoms with Crippen molar-refractivity contribution in [3.05, 3.63) is 34.4 Å². The van der Waals surface area contributed by atoms with Crippen molar-refractivity contribution in [3.8, 4) is 0 Å². The van der Waals surface area contributed by atoms with Crippen molar-refractivity contribution in [3.63, 3.8) is 0 Å². The van der Waals surface area contributed by atoms with Gasteiger partial charge in [-0.2, -0.15) is 0 Å². The second-order valence-electron chi connectivity index (χ2n) is 5.05. The molecular formula is C14H21N3O2. The van der Waals surface area contributed by atoms with Crippen molar-refractivity contribution < 1.29 is 4.92 Å². The lowest BCUT2D eigenvalue weighted by atomic mass is 10.0. The van der Waals surface area contributed by atoms with E-state index in [1.807, 2.05) is 12.1 Å². The van der Waals surface area contributed by atoms with Gasteiger partial charge in [0.1, 0.15) is 0 Å². The van der Waals surface area contributed by atoms with Gasteiger partial charge in [0.25, 0.3) is 5.69 Å². The minimum atomic E-state index is -0.363. The SMILES string of the molecule is CCN(c1ccc([N+](=O)[O-])cc1)C1CCCC1CN. The summed E-state index contributed by atoms with van der Waals surface area (Å²) in [5, 5.41) is 10.7. The lowest BCUT2D eigenvalue weighted by molar-refractivity contribution is -0.384. The number of hydrogen-bond acceptors (Lipinski definition) is 4. The van der Waals surface area contributed by atoms with E-state index in [1.165, 1.54) is 12.8 Å². The molecule has 0 saturated heterocycles. The smallest absolute Gasteiger partial charge is 0.269 e. The molecule has 5 nitrogen and oxygen atoms in total. The number of nitro benzene ring substituents is 1. The summed E-state index contributed by atoms with van der Waals surface area (Å²) >= 11 is 0. The van der Waals surface area contributed by atoms with E-state index in [2.05, 4.69) is 11.8 Å². The van der Waals surface area contributed by atoms with Crippen molar-refractivity contribution in [1.82, 2.24) is 0 Å². The number of rotatable bonds is 5. The van der Waals surface area contributed by atoms with E-state index in [0.717, 1.165) is 18.7 Å². The third-order valence-corrected chi connectivity index (χ3v) is 4.05. The van der Waals surface area contributed by atoms with E-state index in [-0.39, 0.29) is 10.6 Å². The first-order chi connectivity index (χ1) is 9.17. The normalized spacial score (nSPS) is 22.4. The summed E-state index contributed by atoms with van der Waals surface area (Å²) in [7, 11) is 0. The van der Waals surface area contributed by atoms with Gasteiger partial charge in [-0.15, -0.1) is 0 Å². The summed E-state index contributed by atoms with van der Waals surface area (Å²) < 4.78 is 0. The molecular weight excluding hydrogens is 242 g/mol. The van der Waals surface area contributed by atoms with Gasteiger partial charge in [0.15, 0.2) is 0 Å². The van der Waals surface area contributed by atoms with E-state index in [4.69, 9.17) is 5.73 Å². The number of hydrogen-bond donors (Lipinski definition) is 1. The zero-order valence-corrected chi connectivity index (χ0v) is 11.3. The molecule has 0 aromatic heterocycles. The van der Waals surface area contributed by atoms with Crippen molar-refractivity contribution in [2.45, 2.75) is 32.2 Å². The van der Waals surface area contributed by atoms with Crippen LogP contribution in [0.15, 0.2) is 24.3 Å². The van der Waals surface area contributed by atoms with Crippen LogP contribution in [0.1, 0.15) is 26.2 Å². The molecule has 2 atom stereocenters. The maximum atomic E-state index is 10.7. The number of nitro groups is 1. The van der Waals surface area contributed by atoms with Crippen molar-refractivity contribution in [1.29, 1.82) is 0 Å². The van der Waals surface area contributed by atoms with Crippen molar-refractivity contribution >= 4 is 11.4 Å². The lowest BCUT2D eigenvalue weighted by Gasteiger charge is -2.33. The first-order valence-electron chi connectivity index (χ1n) is 6.88. The second kappa shape index (κ2) is 6.02. The molecule has 2 unspecified atom stereocenters. The van der Waals surface area contributed by atoms with Gasteiger partial charge in [0, 0.05) is 30.4 Å². The van der Waals surface area contributed by atoms with Crippen molar-refractivity contribution in [2.24, 2.45) is 11.7 Å². The Morgan fingerprint density at radius 3 is 2.58 bits per heavy atom. The summed E-state index contributed by atoms with van der Waals surface area (Å²) in [6, 6.07) is 7.30. The highest BCUT2D eigenvalue weighted by Crippen LogP contribution is 2.32. The van der Waals surface area contributed by atoms with E-state index >= 15 is 0 Å². The van der Waals surface area contributed by atoms with E-state index in [0.29, 0.717) is 18.5 Å². The molecule has 0 heterocycles. The molecule has 0 radical (unpaired) electrons. The van der Waals surface area contributed by atoms with E-state index < -0.39 is 0 Å². The largest absolute Gasteiger partial charge is 0.368 e. The Bertz CT molecular complexity index is 433. The highest BCUT2D eigenvalue weighted by molar-refractivity contribution is 5.51. The highest BCUT2D eigenvalue weighted by Gasteiger charge is 2.30. The molecule has 2 N–H and O–H groups in total. The topological polar surface area (TPSA) is 72.4 Å². The summed E-state index contributed by atoms with van der Waals surface area (Å²) in [6.07, 6.45) is 3.56. The number of non-ortho nitro benzene ring substituents is 1. The molecule has 2 rings (SSSR count). The number of nitrogens with zero attached hydrogens (tertiary/aromatic N) is 2. The molecule has 1 aromatic rings. The molecule has 0 bridgehead atoms. The zero-order chi connectivity index (χ0) is 13.8. The Balaban J connectivity index is 2.19. The average Bonchev–Trinajstić information content (AvgIpc) is 2.88. The van der Waals surface area contributed by atoms with Crippen LogP contribution in [-0.2, 0) is 0 Å². The van der Waals surface area contributed by atoms with Crippen LogP contribution in [0.4, 0.5) is 11.4 Å². The molecule has 1 aromatic carbocycles. The van der Waals surface area contributed by atoms with Crippen LogP contribution in [0.3, 0.4) is 0 Å². The minimum Gasteiger partial charge on any atom is -0.368 e. The molecule has 0 aliphatic heterocycles. The molecule has 1 saturated carbocycles. The van der Waals surface area contributed by atoms with Gasteiger partial charge < -0.3 is 10.6 Å².